The molecule has 204 valence electrons. The van der Waals surface area contributed by atoms with Gasteiger partial charge in [-0.3, -0.25) is 10.1 Å². The Hall–Kier alpha value is -3.31. The highest BCUT2D eigenvalue weighted by Crippen LogP contribution is 2.42. The van der Waals surface area contributed by atoms with Gasteiger partial charge in [0.05, 0.1) is 22.7 Å². The topological polar surface area (TPSA) is 106 Å². The largest absolute Gasteiger partial charge is 0.438 e. The number of allylic oxidation sites excluding steroid dienone is 1. The van der Waals surface area contributed by atoms with Crippen LogP contribution in [0, 0.1) is 5.82 Å². The fourth-order valence-electron chi connectivity index (χ4n) is 4.12. The first-order valence-corrected chi connectivity index (χ1v) is 12.1. The van der Waals surface area contributed by atoms with Crippen LogP contribution in [0.1, 0.15) is 43.2 Å². The van der Waals surface area contributed by atoms with E-state index in [1.165, 1.54) is 43.3 Å². The first-order chi connectivity index (χ1) is 17.7. The molecule has 0 aliphatic carbocycles. The van der Waals surface area contributed by atoms with Crippen LogP contribution in [0.2, 0.25) is 10.0 Å². The van der Waals surface area contributed by atoms with Crippen molar-refractivity contribution in [1.29, 1.82) is 0 Å². The number of hydrogen-bond acceptors (Lipinski definition) is 4. The van der Waals surface area contributed by atoms with Gasteiger partial charge in [-0.15, -0.1) is 0 Å². The van der Waals surface area contributed by atoms with Gasteiger partial charge in [-0.05, 0) is 49.6 Å². The van der Waals surface area contributed by atoms with Crippen molar-refractivity contribution in [1.82, 2.24) is 5.32 Å². The average molecular weight is 575 g/mol. The number of alkyl halides is 3. The number of nitrogens with two attached hydrogens (primary N) is 1. The van der Waals surface area contributed by atoms with E-state index >= 15 is 0 Å². The second-order valence-corrected chi connectivity index (χ2v) is 9.65. The third-order valence-electron chi connectivity index (χ3n) is 5.88. The number of amides is 2. The molecule has 4 N–H and O–H groups in total. The van der Waals surface area contributed by atoms with Crippen LogP contribution in [0.15, 0.2) is 53.7 Å². The van der Waals surface area contributed by atoms with Gasteiger partial charge < -0.3 is 15.8 Å². The van der Waals surface area contributed by atoms with E-state index in [4.69, 9.17) is 33.7 Å². The van der Waals surface area contributed by atoms with Crippen LogP contribution in [-0.2, 0) is 15.1 Å². The maximum atomic E-state index is 14.7. The Morgan fingerprint density at radius 3 is 2.66 bits per heavy atom. The number of cyclic esters (lactones) is 1. The first kappa shape index (κ1) is 29.2. The number of rotatable bonds is 8. The molecule has 0 radical (unpaired) electrons. The van der Waals surface area contributed by atoms with Crippen LogP contribution in [0.5, 0.6) is 0 Å². The highest BCUT2D eigenvalue weighted by molar-refractivity contribution is 6.37. The quantitative estimate of drug-likeness (QED) is 0.146. The number of nitrogens with zero attached hydrogens (tertiary/aromatic N) is 1. The first-order valence-electron chi connectivity index (χ1n) is 11.3. The third kappa shape index (κ3) is 7.16. The lowest BCUT2D eigenvalue weighted by Crippen LogP contribution is -2.40. The maximum Gasteiger partial charge on any atom is 0.412 e. The summed E-state index contributed by atoms with van der Waals surface area (Å²) in [6.45, 7) is 5.12. The molecule has 2 aromatic carbocycles. The molecule has 0 saturated heterocycles. The predicted octanol–water partition coefficient (Wildman–Crippen LogP) is 6.41. The standard InChI is InChI=1S/C25H24Cl2F4N4O3/c1-13(16(12-25(29,30)31)14-5-3-6-15(26)11-14)34-21(32)22(36)33-10-4-9-24(2)19-18(35-23(37)38-24)8-7-17(27)20(19)28/h3,5-8,11,16H,1,4,9-10,12H2,2H3,(H2,32,34)(H,33,36)(H,35,37)/t16?,24-/m1/s1. The molecule has 0 fully saturated rings. The molecule has 2 atom stereocenters. The fourth-order valence-corrected chi connectivity index (χ4v) is 4.48. The van der Waals surface area contributed by atoms with Gasteiger partial charge in [0.15, 0.2) is 11.7 Å². The van der Waals surface area contributed by atoms with E-state index in [1.54, 1.807) is 0 Å². The summed E-state index contributed by atoms with van der Waals surface area (Å²) in [5, 5.41) is 4.99. The average Bonchev–Trinajstić information content (AvgIpc) is 2.81. The Bertz CT molecular complexity index is 1290. The van der Waals surface area contributed by atoms with E-state index < -0.39 is 47.8 Å². The van der Waals surface area contributed by atoms with Gasteiger partial charge in [-0.2, -0.15) is 13.2 Å². The van der Waals surface area contributed by atoms with Crippen LogP contribution in [0.25, 0.3) is 0 Å². The molecule has 0 aromatic heterocycles. The van der Waals surface area contributed by atoms with E-state index in [-0.39, 0.29) is 51.9 Å². The number of carbonyl (C=O) groups excluding carboxylic acids is 2. The number of halogens is 6. The minimum Gasteiger partial charge on any atom is -0.438 e. The van der Waals surface area contributed by atoms with Crippen molar-refractivity contribution in [2.45, 2.75) is 43.9 Å². The maximum absolute atomic E-state index is 14.7. The van der Waals surface area contributed by atoms with E-state index in [0.29, 0.717) is 0 Å². The van der Waals surface area contributed by atoms with E-state index in [2.05, 4.69) is 22.2 Å². The molecule has 1 unspecified atom stereocenters. The summed E-state index contributed by atoms with van der Waals surface area (Å²) in [7, 11) is 0. The number of hydrogen-bond donors (Lipinski definition) is 3. The molecule has 13 heteroatoms. The van der Waals surface area contributed by atoms with Crippen LogP contribution in [0.4, 0.5) is 28.0 Å². The molecule has 0 bridgehead atoms. The van der Waals surface area contributed by atoms with Crippen LogP contribution in [-0.4, -0.2) is 30.6 Å². The monoisotopic (exact) mass is 574 g/mol. The van der Waals surface area contributed by atoms with Gasteiger partial charge in [-0.1, -0.05) is 41.9 Å². The Labute approximate surface area is 226 Å². The zero-order valence-corrected chi connectivity index (χ0v) is 21.6. The van der Waals surface area contributed by atoms with Crippen molar-refractivity contribution < 1.29 is 31.9 Å². The molecule has 7 nitrogen and oxygen atoms in total. The predicted molar refractivity (Wildman–Crippen MR) is 137 cm³/mol. The van der Waals surface area contributed by atoms with E-state index in [1.807, 2.05) is 0 Å². The number of amidine groups is 1. The smallest absolute Gasteiger partial charge is 0.412 e. The number of benzene rings is 2. The molecular weight excluding hydrogens is 551 g/mol. The van der Waals surface area contributed by atoms with Crippen LogP contribution >= 0.6 is 23.2 Å². The molecule has 2 aromatic rings. The molecule has 0 spiro atoms. The molecule has 3 rings (SSSR count). The Morgan fingerprint density at radius 1 is 1.29 bits per heavy atom. The highest BCUT2D eigenvalue weighted by Gasteiger charge is 2.40. The van der Waals surface area contributed by atoms with Gasteiger partial charge in [0, 0.05) is 23.2 Å². The number of anilines is 1. The van der Waals surface area contributed by atoms with Crippen molar-refractivity contribution in [3.8, 4) is 0 Å². The summed E-state index contributed by atoms with van der Waals surface area (Å²) >= 11 is 11.8. The number of carbonyl (C=O) groups is 2. The van der Waals surface area contributed by atoms with Gasteiger partial charge in [0.1, 0.15) is 5.60 Å². The van der Waals surface area contributed by atoms with Crippen molar-refractivity contribution >= 4 is 46.7 Å². The van der Waals surface area contributed by atoms with Gasteiger partial charge in [-0.25, -0.2) is 14.2 Å². The molecule has 0 saturated carbocycles. The number of aliphatic imine (C=N–C) groups is 1. The number of fused-ring (bicyclic) bond motifs is 1. The summed E-state index contributed by atoms with van der Waals surface area (Å²) in [6.07, 6.45) is -6.27. The molecule has 1 aliphatic heterocycles. The van der Waals surface area contributed by atoms with Crippen molar-refractivity contribution in [2.24, 2.45) is 10.7 Å². The Balaban J connectivity index is 1.65. The Kier molecular flexibility index (Phi) is 8.94. The molecular formula is C25H24Cl2F4N4O3. The van der Waals surface area contributed by atoms with E-state index in [0.717, 1.165) is 0 Å². The molecule has 2 amide bonds. The second-order valence-electron chi connectivity index (χ2n) is 8.80. The minimum atomic E-state index is -4.54. The molecule has 38 heavy (non-hydrogen) atoms. The molecule has 1 heterocycles. The lowest BCUT2D eigenvalue weighted by molar-refractivity contribution is -0.137. The van der Waals surface area contributed by atoms with Gasteiger partial charge in [0.2, 0.25) is 0 Å². The van der Waals surface area contributed by atoms with E-state index in [9.17, 15) is 27.2 Å². The van der Waals surface area contributed by atoms with Crippen LogP contribution < -0.4 is 16.4 Å². The highest BCUT2D eigenvalue weighted by atomic mass is 35.5. The fraction of sp³-hybridized carbons (Fsp3) is 0.320. The summed E-state index contributed by atoms with van der Waals surface area (Å²) in [4.78, 5) is 28.2. The van der Waals surface area contributed by atoms with Crippen molar-refractivity contribution in [2.75, 3.05) is 11.9 Å². The van der Waals surface area contributed by atoms with Crippen molar-refractivity contribution in [3.63, 3.8) is 0 Å². The lowest BCUT2D eigenvalue weighted by atomic mass is 9.88. The number of nitrogens with one attached hydrogen (secondary N) is 2. The summed E-state index contributed by atoms with van der Waals surface area (Å²) in [5.41, 5.74) is 4.60. The summed E-state index contributed by atoms with van der Waals surface area (Å²) in [5.74, 6) is -3.48. The SMILES string of the molecule is C=C(N=C(N)C(=O)NCCC[C@@]1(C)OC(=O)Nc2ccc(Cl)c(F)c21)C(CC(F)(F)F)c1cccc(Cl)c1. The zero-order chi connectivity index (χ0) is 28.3. The third-order valence-corrected chi connectivity index (χ3v) is 6.41. The normalized spacial score (nSPS) is 18.2. The minimum absolute atomic E-state index is 0.0138. The molecule has 1 aliphatic rings. The number of ether oxygens (including phenoxy) is 1. The summed E-state index contributed by atoms with van der Waals surface area (Å²) in [6, 6.07) is 8.58. The second kappa shape index (κ2) is 11.6. The van der Waals surface area contributed by atoms with Gasteiger partial charge >= 0.3 is 12.3 Å². The van der Waals surface area contributed by atoms with Gasteiger partial charge in [0.25, 0.3) is 5.91 Å². The van der Waals surface area contributed by atoms with Crippen molar-refractivity contribution in [3.05, 3.63) is 75.7 Å². The zero-order valence-electron chi connectivity index (χ0n) is 20.1. The van der Waals surface area contributed by atoms with Crippen LogP contribution in [0.3, 0.4) is 0 Å². The lowest BCUT2D eigenvalue weighted by Gasteiger charge is -2.36. The Morgan fingerprint density at radius 2 is 2.00 bits per heavy atom. The summed E-state index contributed by atoms with van der Waals surface area (Å²) < 4.78 is 59.7.